The predicted octanol–water partition coefficient (Wildman–Crippen LogP) is 3.52. The molecule has 0 amide bonds. The molecule has 18 heavy (non-hydrogen) atoms. The number of hydrogen-bond donors (Lipinski definition) is 0. The maximum absolute atomic E-state index is 13.0. The molecule has 0 aliphatic rings. The normalized spacial score (nSPS) is 11.1. The number of rotatable bonds is 1. The van der Waals surface area contributed by atoms with Crippen molar-refractivity contribution in [2.75, 3.05) is 0 Å². The molecular formula is C13H9ClFN3. The summed E-state index contributed by atoms with van der Waals surface area (Å²) in [6.45, 7) is 1.99. The highest BCUT2D eigenvalue weighted by molar-refractivity contribution is 6.32. The van der Waals surface area contributed by atoms with Gasteiger partial charge in [0.25, 0.3) is 0 Å². The second kappa shape index (κ2) is 4.07. The van der Waals surface area contributed by atoms with Gasteiger partial charge in [-0.25, -0.2) is 14.1 Å². The molecular weight excluding hydrogens is 253 g/mol. The van der Waals surface area contributed by atoms with Crippen LogP contribution < -0.4 is 0 Å². The van der Waals surface area contributed by atoms with E-state index in [1.165, 1.54) is 12.1 Å². The molecule has 0 saturated heterocycles. The summed E-state index contributed by atoms with van der Waals surface area (Å²) in [4.78, 5) is 4.29. The Labute approximate surface area is 108 Å². The number of nitrogens with zero attached hydrogens (tertiary/aromatic N) is 3. The minimum atomic E-state index is -0.371. The van der Waals surface area contributed by atoms with Crippen LogP contribution in [0.5, 0.6) is 0 Å². The van der Waals surface area contributed by atoms with Crippen molar-refractivity contribution in [3.8, 4) is 5.69 Å². The fourth-order valence-corrected chi connectivity index (χ4v) is 2.13. The number of hydrogen-bond acceptors (Lipinski definition) is 2. The lowest BCUT2D eigenvalue weighted by molar-refractivity contribution is 0.627. The van der Waals surface area contributed by atoms with Gasteiger partial charge in [0, 0.05) is 11.6 Å². The fourth-order valence-electron chi connectivity index (χ4n) is 1.88. The second-order valence-electron chi connectivity index (χ2n) is 4.02. The van der Waals surface area contributed by atoms with Gasteiger partial charge in [-0.15, -0.1) is 0 Å². The van der Waals surface area contributed by atoms with E-state index in [0.717, 1.165) is 10.9 Å². The topological polar surface area (TPSA) is 30.7 Å². The van der Waals surface area contributed by atoms with Crippen molar-refractivity contribution in [2.24, 2.45) is 0 Å². The van der Waals surface area contributed by atoms with Crippen molar-refractivity contribution >= 4 is 22.6 Å². The maximum atomic E-state index is 13.0. The van der Waals surface area contributed by atoms with Crippen LogP contribution in [0.15, 0.2) is 36.7 Å². The number of benzene rings is 1. The highest BCUT2D eigenvalue weighted by atomic mass is 35.5. The maximum Gasteiger partial charge on any atom is 0.163 e. The number of pyridine rings is 1. The molecule has 3 rings (SSSR count). The molecule has 3 nitrogen and oxygen atoms in total. The standard InChI is InChI=1S/C13H9ClFN3/c1-8-4-5-16-13-10(8)7-17-18(13)12-3-2-9(15)6-11(12)14/h2-7H,1H3. The fraction of sp³-hybridized carbons (Fsp3) is 0.0769. The summed E-state index contributed by atoms with van der Waals surface area (Å²) in [5.41, 5.74) is 2.42. The van der Waals surface area contributed by atoms with Gasteiger partial charge in [-0.3, -0.25) is 0 Å². The van der Waals surface area contributed by atoms with E-state index in [-0.39, 0.29) is 5.82 Å². The van der Waals surface area contributed by atoms with Gasteiger partial charge in [0.1, 0.15) is 5.82 Å². The van der Waals surface area contributed by atoms with Crippen LogP contribution in [0.1, 0.15) is 5.56 Å². The Bertz CT molecular complexity index is 736. The Morgan fingerprint density at radius 2 is 2.11 bits per heavy atom. The molecule has 90 valence electrons. The average molecular weight is 262 g/mol. The van der Waals surface area contributed by atoms with Gasteiger partial charge in [-0.2, -0.15) is 5.10 Å². The van der Waals surface area contributed by atoms with E-state index in [2.05, 4.69) is 10.1 Å². The Morgan fingerprint density at radius 1 is 1.28 bits per heavy atom. The van der Waals surface area contributed by atoms with Crippen molar-refractivity contribution in [1.29, 1.82) is 0 Å². The smallest absolute Gasteiger partial charge is 0.163 e. The van der Waals surface area contributed by atoms with Crippen LogP contribution in [0.3, 0.4) is 0 Å². The molecule has 0 spiro atoms. The molecule has 0 atom stereocenters. The van der Waals surface area contributed by atoms with E-state index >= 15 is 0 Å². The van der Waals surface area contributed by atoms with Gasteiger partial charge in [0.05, 0.1) is 16.9 Å². The van der Waals surface area contributed by atoms with Crippen molar-refractivity contribution in [3.63, 3.8) is 0 Å². The van der Waals surface area contributed by atoms with Crippen LogP contribution in [0.4, 0.5) is 4.39 Å². The predicted molar refractivity (Wildman–Crippen MR) is 68.6 cm³/mol. The Hall–Kier alpha value is -1.94. The number of fused-ring (bicyclic) bond motifs is 1. The van der Waals surface area contributed by atoms with E-state index in [1.807, 2.05) is 13.0 Å². The quantitative estimate of drug-likeness (QED) is 0.671. The van der Waals surface area contributed by atoms with Gasteiger partial charge in [-0.1, -0.05) is 11.6 Å². The third-order valence-electron chi connectivity index (χ3n) is 2.83. The van der Waals surface area contributed by atoms with E-state index in [1.54, 1.807) is 23.1 Å². The Morgan fingerprint density at radius 3 is 2.89 bits per heavy atom. The van der Waals surface area contributed by atoms with Gasteiger partial charge >= 0.3 is 0 Å². The molecule has 5 heteroatoms. The first-order chi connectivity index (χ1) is 8.66. The minimum absolute atomic E-state index is 0.309. The van der Waals surface area contributed by atoms with E-state index < -0.39 is 0 Å². The summed E-state index contributed by atoms with van der Waals surface area (Å²) < 4.78 is 14.7. The SMILES string of the molecule is Cc1ccnc2c1cnn2-c1ccc(F)cc1Cl. The molecule has 0 radical (unpaired) electrons. The third kappa shape index (κ3) is 1.66. The molecule has 0 aliphatic carbocycles. The molecule has 0 unspecified atom stereocenters. The third-order valence-corrected chi connectivity index (χ3v) is 3.13. The zero-order valence-electron chi connectivity index (χ0n) is 9.56. The van der Waals surface area contributed by atoms with Crippen molar-refractivity contribution in [3.05, 3.63) is 53.1 Å². The number of aryl methyl sites for hydroxylation is 1. The number of aromatic nitrogens is 3. The van der Waals surface area contributed by atoms with E-state index in [0.29, 0.717) is 16.4 Å². The highest BCUT2D eigenvalue weighted by Crippen LogP contribution is 2.25. The van der Waals surface area contributed by atoms with Crippen LogP contribution in [0.25, 0.3) is 16.7 Å². The molecule has 0 aliphatic heterocycles. The monoisotopic (exact) mass is 261 g/mol. The van der Waals surface area contributed by atoms with Gasteiger partial charge in [-0.05, 0) is 36.8 Å². The Kier molecular flexibility index (Phi) is 2.52. The Balaban J connectivity index is 2.29. The lowest BCUT2D eigenvalue weighted by Gasteiger charge is -2.05. The first-order valence-corrected chi connectivity index (χ1v) is 5.79. The first kappa shape index (κ1) is 11.2. The summed E-state index contributed by atoms with van der Waals surface area (Å²) in [6, 6.07) is 6.12. The molecule has 3 aromatic rings. The van der Waals surface area contributed by atoms with Crippen LogP contribution in [0.2, 0.25) is 5.02 Å². The minimum Gasteiger partial charge on any atom is -0.237 e. The van der Waals surface area contributed by atoms with E-state index in [4.69, 9.17) is 11.6 Å². The lowest BCUT2D eigenvalue weighted by atomic mass is 10.2. The molecule has 0 bridgehead atoms. The van der Waals surface area contributed by atoms with Gasteiger partial charge < -0.3 is 0 Å². The molecule has 0 N–H and O–H groups in total. The zero-order valence-corrected chi connectivity index (χ0v) is 10.3. The summed E-state index contributed by atoms with van der Waals surface area (Å²) in [5.74, 6) is -0.371. The molecule has 0 fully saturated rings. The van der Waals surface area contributed by atoms with Crippen molar-refractivity contribution < 1.29 is 4.39 Å². The largest absolute Gasteiger partial charge is 0.237 e. The van der Waals surface area contributed by atoms with Gasteiger partial charge in [0.15, 0.2) is 5.65 Å². The van der Waals surface area contributed by atoms with Crippen LogP contribution >= 0.6 is 11.6 Å². The van der Waals surface area contributed by atoms with Crippen LogP contribution in [0, 0.1) is 12.7 Å². The second-order valence-corrected chi connectivity index (χ2v) is 4.42. The summed E-state index contributed by atoms with van der Waals surface area (Å²) in [6.07, 6.45) is 3.45. The van der Waals surface area contributed by atoms with Crippen molar-refractivity contribution in [1.82, 2.24) is 14.8 Å². The van der Waals surface area contributed by atoms with Gasteiger partial charge in [0.2, 0.25) is 0 Å². The summed E-state index contributed by atoms with van der Waals surface area (Å²) in [5, 5.41) is 5.53. The van der Waals surface area contributed by atoms with E-state index in [9.17, 15) is 4.39 Å². The zero-order chi connectivity index (χ0) is 12.7. The van der Waals surface area contributed by atoms with Crippen LogP contribution in [-0.2, 0) is 0 Å². The summed E-state index contributed by atoms with van der Waals surface area (Å²) >= 11 is 6.03. The van der Waals surface area contributed by atoms with Crippen molar-refractivity contribution in [2.45, 2.75) is 6.92 Å². The highest BCUT2D eigenvalue weighted by Gasteiger charge is 2.11. The average Bonchev–Trinajstić information content (AvgIpc) is 2.74. The molecule has 1 aromatic carbocycles. The summed E-state index contributed by atoms with van der Waals surface area (Å²) in [7, 11) is 0. The first-order valence-electron chi connectivity index (χ1n) is 5.41. The molecule has 2 heterocycles. The molecule has 2 aromatic heterocycles. The molecule has 0 saturated carbocycles. The van der Waals surface area contributed by atoms with Crippen LogP contribution in [-0.4, -0.2) is 14.8 Å². The number of halogens is 2. The lowest BCUT2D eigenvalue weighted by Crippen LogP contribution is -1.98.